The molecule has 0 heterocycles. The summed E-state index contributed by atoms with van der Waals surface area (Å²) in [6.07, 6.45) is 2.02. The number of carbonyl (C=O) groups excluding carboxylic acids is 1. The molecule has 112 valence electrons. The molecule has 0 aliphatic carbocycles. The second-order valence-electron chi connectivity index (χ2n) is 4.78. The molecule has 0 radical (unpaired) electrons. The lowest BCUT2D eigenvalue weighted by molar-refractivity contribution is -0.144. The van der Waals surface area contributed by atoms with Gasteiger partial charge >= 0.3 is 5.97 Å². The topological polar surface area (TPSA) is 35.5 Å². The average Bonchev–Trinajstić information content (AvgIpc) is 2.52. The lowest BCUT2D eigenvalue weighted by Gasteiger charge is -2.16. The summed E-state index contributed by atoms with van der Waals surface area (Å²) in [5, 5.41) is 2.21. The molecule has 0 aromatic heterocycles. The molecule has 1 atom stereocenters. The molecule has 1 unspecified atom stereocenters. The molecule has 2 aromatic carbocycles. The maximum absolute atomic E-state index is 12.0. The smallest absolute Gasteiger partial charge is 0.313 e. The van der Waals surface area contributed by atoms with Gasteiger partial charge in [-0.25, -0.2) is 0 Å². The molecule has 3 nitrogen and oxygen atoms in total. The van der Waals surface area contributed by atoms with Crippen LogP contribution in [0.25, 0.3) is 10.8 Å². The van der Waals surface area contributed by atoms with Crippen molar-refractivity contribution in [2.24, 2.45) is 0 Å². The zero-order valence-electron chi connectivity index (χ0n) is 12.8. The molecule has 2 aromatic rings. The molecular formula is C17H20O3S. The van der Waals surface area contributed by atoms with Crippen LogP contribution in [0.2, 0.25) is 0 Å². The van der Waals surface area contributed by atoms with E-state index in [1.54, 1.807) is 18.9 Å². The fourth-order valence-electron chi connectivity index (χ4n) is 2.31. The van der Waals surface area contributed by atoms with E-state index in [4.69, 9.17) is 9.47 Å². The van der Waals surface area contributed by atoms with Gasteiger partial charge in [0.2, 0.25) is 0 Å². The molecule has 0 spiro atoms. The predicted octanol–water partition coefficient (Wildman–Crippen LogP) is 4.24. The number of hydrogen-bond donors (Lipinski definition) is 0. The van der Waals surface area contributed by atoms with E-state index in [2.05, 4.69) is 12.1 Å². The normalized spacial score (nSPS) is 12.2. The number of fused-ring (bicyclic) bond motifs is 1. The van der Waals surface area contributed by atoms with Crippen LogP contribution in [0.5, 0.6) is 5.75 Å². The molecule has 2 rings (SSSR count). The Labute approximate surface area is 129 Å². The van der Waals surface area contributed by atoms with Crippen LogP contribution in [0.15, 0.2) is 35.2 Å². The minimum Gasteiger partial charge on any atom is -0.497 e. The fraction of sp³-hybridized carbons (Fsp3) is 0.353. The van der Waals surface area contributed by atoms with Crippen molar-refractivity contribution in [1.82, 2.24) is 0 Å². The third-order valence-corrected chi connectivity index (χ3v) is 4.30. The van der Waals surface area contributed by atoms with E-state index in [0.29, 0.717) is 6.61 Å². The first-order valence-electron chi connectivity index (χ1n) is 6.93. The molecule has 0 aliphatic rings. The Morgan fingerprint density at radius 1 is 1.24 bits per heavy atom. The van der Waals surface area contributed by atoms with Crippen molar-refractivity contribution in [3.05, 3.63) is 35.9 Å². The molecular weight excluding hydrogens is 284 g/mol. The highest BCUT2D eigenvalue weighted by Gasteiger charge is 2.20. The summed E-state index contributed by atoms with van der Waals surface area (Å²) in [7, 11) is 1.66. The van der Waals surface area contributed by atoms with Gasteiger partial charge in [0.15, 0.2) is 0 Å². The Balaban J connectivity index is 2.50. The molecule has 21 heavy (non-hydrogen) atoms. The van der Waals surface area contributed by atoms with Crippen LogP contribution < -0.4 is 4.74 Å². The minimum absolute atomic E-state index is 0.180. The Kier molecular flexibility index (Phi) is 5.12. The Bertz CT molecular complexity index is 652. The number of ether oxygens (including phenoxy) is 2. The number of benzene rings is 2. The highest BCUT2D eigenvalue weighted by molar-refractivity contribution is 7.98. The van der Waals surface area contributed by atoms with Crippen LogP contribution in [0.4, 0.5) is 0 Å². The molecule has 0 saturated carbocycles. The number of carbonyl (C=O) groups is 1. The van der Waals surface area contributed by atoms with Gasteiger partial charge in [-0.05, 0) is 60.7 Å². The first-order chi connectivity index (χ1) is 10.1. The van der Waals surface area contributed by atoms with Crippen LogP contribution in [-0.2, 0) is 9.53 Å². The molecule has 4 heteroatoms. The second kappa shape index (κ2) is 6.85. The van der Waals surface area contributed by atoms with Gasteiger partial charge in [0, 0.05) is 4.90 Å². The molecule has 0 amide bonds. The number of thioether (sulfide) groups is 1. The summed E-state index contributed by atoms with van der Waals surface area (Å²) in [4.78, 5) is 13.1. The average molecular weight is 304 g/mol. The van der Waals surface area contributed by atoms with E-state index < -0.39 is 0 Å². The maximum atomic E-state index is 12.0. The zero-order valence-corrected chi connectivity index (χ0v) is 13.6. The van der Waals surface area contributed by atoms with Crippen LogP contribution in [0.1, 0.15) is 25.3 Å². The fourth-order valence-corrected chi connectivity index (χ4v) is 3.03. The minimum atomic E-state index is -0.265. The Hall–Kier alpha value is -1.68. The van der Waals surface area contributed by atoms with Gasteiger partial charge in [-0.2, -0.15) is 0 Å². The van der Waals surface area contributed by atoms with E-state index in [1.807, 2.05) is 38.3 Å². The van der Waals surface area contributed by atoms with Gasteiger partial charge in [-0.3, -0.25) is 4.79 Å². The van der Waals surface area contributed by atoms with Gasteiger partial charge in [0.1, 0.15) is 5.75 Å². The van der Waals surface area contributed by atoms with Crippen molar-refractivity contribution < 1.29 is 14.3 Å². The maximum Gasteiger partial charge on any atom is 0.313 e. The van der Waals surface area contributed by atoms with Crippen molar-refractivity contribution in [3.63, 3.8) is 0 Å². The van der Waals surface area contributed by atoms with Gasteiger partial charge in [0.25, 0.3) is 0 Å². The van der Waals surface area contributed by atoms with Gasteiger partial charge < -0.3 is 9.47 Å². The summed E-state index contributed by atoms with van der Waals surface area (Å²) >= 11 is 1.64. The lowest BCUT2D eigenvalue weighted by Crippen LogP contribution is -2.13. The zero-order chi connectivity index (χ0) is 15.4. The highest BCUT2D eigenvalue weighted by atomic mass is 32.2. The van der Waals surface area contributed by atoms with Crippen molar-refractivity contribution >= 4 is 28.5 Å². The molecule has 0 aliphatic heterocycles. The number of esters is 1. The highest BCUT2D eigenvalue weighted by Crippen LogP contribution is 2.33. The lowest BCUT2D eigenvalue weighted by atomic mass is 9.97. The summed E-state index contributed by atoms with van der Waals surface area (Å²) in [6, 6.07) is 10.1. The van der Waals surface area contributed by atoms with Crippen molar-refractivity contribution in [1.29, 1.82) is 0 Å². The van der Waals surface area contributed by atoms with Crippen LogP contribution in [0.3, 0.4) is 0 Å². The predicted molar refractivity (Wildman–Crippen MR) is 87.3 cm³/mol. The van der Waals surface area contributed by atoms with E-state index >= 15 is 0 Å². The standard InChI is InChI=1S/C17H20O3S/c1-5-20-17(18)11(2)15-9-12-6-7-14(19-3)8-13(12)10-16(15)21-4/h6-11H,5H2,1-4H3. The van der Waals surface area contributed by atoms with Gasteiger partial charge in [-0.15, -0.1) is 11.8 Å². The van der Waals surface area contributed by atoms with Gasteiger partial charge in [0.05, 0.1) is 19.6 Å². The van der Waals surface area contributed by atoms with Crippen molar-refractivity contribution in [2.75, 3.05) is 20.0 Å². The van der Waals surface area contributed by atoms with Crippen molar-refractivity contribution in [3.8, 4) is 5.75 Å². The Morgan fingerprint density at radius 2 is 2.00 bits per heavy atom. The monoisotopic (exact) mass is 304 g/mol. The van der Waals surface area contributed by atoms with E-state index in [9.17, 15) is 4.79 Å². The summed E-state index contributed by atoms with van der Waals surface area (Å²) < 4.78 is 10.4. The third kappa shape index (κ3) is 3.32. The van der Waals surface area contributed by atoms with Crippen molar-refractivity contribution in [2.45, 2.75) is 24.7 Å². The second-order valence-corrected chi connectivity index (χ2v) is 5.63. The first-order valence-corrected chi connectivity index (χ1v) is 8.15. The summed E-state index contributed by atoms with van der Waals surface area (Å²) in [6.45, 7) is 4.12. The van der Waals surface area contributed by atoms with E-state index in [1.165, 1.54) is 0 Å². The third-order valence-electron chi connectivity index (χ3n) is 3.50. The van der Waals surface area contributed by atoms with Crippen LogP contribution in [-0.4, -0.2) is 25.9 Å². The molecule has 0 saturated heterocycles. The number of hydrogen-bond acceptors (Lipinski definition) is 4. The first kappa shape index (κ1) is 15.7. The van der Waals surface area contributed by atoms with E-state index in [0.717, 1.165) is 27.0 Å². The quantitative estimate of drug-likeness (QED) is 0.611. The largest absolute Gasteiger partial charge is 0.497 e. The number of methoxy groups -OCH3 is 1. The molecule has 0 fully saturated rings. The molecule has 0 bridgehead atoms. The van der Waals surface area contributed by atoms with Gasteiger partial charge in [-0.1, -0.05) is 6.07 Å². The van der Waals surface area contributed by atoms with Crippen LogP contribution >= 0.6 is 11.8 Å². The SMILES string of the molecule is CCOC(=O)C(C)c1cc2ccc(OC)cc2cc1SC. The van der Waals surface area contributed by atoms with E-state index in [-0.39, 0.29) is 11.9 Å². The summed E-state index contributed by atoms with van der Waals surface area (Å²) in [5.74, 6) is 0.389. The molecule has 0 N–H and O–H groups in total. The number of rotatable bonds is 5. The summed E-state index contributed by atoms with van der Waals surface area (Å²) in [5.41, 5.74) is 1.01. The van der Waals surface area contributed by atoms with Crippen LogP contribution in [0, 0.1) is 0 Å². The Morgan fingerprint density at radius 3 is 2.62 bits per heavy atom.